The topological polar surface area (TPSA) is 99.3 Å². The summed E-state index contributed by atoms with van der Waals surface area (Å²) in [6.07, 6.45) is 0.609. The molecule has 0 saturated heterocycles. The zero-order chi connectivity index (χ0) is 21.3. The molecule has 0 bridgehead atoms. The van der Waals surface area contributed by atoms with Crippen LogP contribution in [0.25, 0.3) is 11.6 Å². The van der Waals surface area contributed by atoms with Gasteiger partial charge >= 0.3 is 0 Å². The smallest absolute Gasteiger partial charge is 0.264 e. The van der Waals surface area contributed by atoms with Gasteiger partial charge in [-0.05, 0) is 45.4 Å². The van der Waals surface area contributed by atoms with Crippen molar-refractivity contribution in [3.8, 4) is 17.3 Å². The molecule has 0 unspecified atom stereocenters. The molecule has 0 aliphatic rings. The third-order valence-electron chi connectivity index (χ3n) is 4.86. The lowest BCUT2D eigenvalue weighted by molar-refractivity contribution is 0.417. The van der Waals surface area contributed by atoms with E-state index in [1.807, 2.05) is 31.4 Å². The van der Waals surface area contributed by atoms with E-state index in [0.717, 1.165) is 5.56 Å². The van der Waals surface area contributed by atoms with E-state index in [9.17, 15) is 8.42 Å². The van der Waals surface area contributed by atoms with Gasteiger partial charge < -0.3 is 13.7 Å². The van der Waals surface area contributed by atoms with Gasteiger partial charge in [0.15, 0.2) is 0 Å². The van der Waals surface area contributed by atoms with Crippen molar-refractivity contribution in [2.24, 2.45) is 0 Å². The fourth-order valence-electron chi connectivity index (χ4n) is 3.53. The molecule has 0 radical (unpaired) electrons. The van der Waals surface area contributed by atoms with E-state index in [-0.39, 0.29) is 4.90 Å². The number of aryl methyl sites for hydroxylation is 2. The summed E-state index contributed by atoms with van der Waals surface area (Å²) < 4.78 is 42.3. The maximum absolute atomic E-state index is 13.4. The molecule has 1 N–H and O–H groups in total. The van der Waals surface area contributed by atoms with Crippen LogP contribution in [-0.2, 0) is 23.0 Å². The Bertz CT molecular complexity index is 1150. The molecule has 0 aliphatic heterocycles. The Morgan fingerprint density at radius 1 is 1.17 bits per heavy atom. The maximum Gasteiger partial charge on any atom is 0.264 e. The number of sulfonamides is 1. The summed E-state index contributed by atoms with van der Waals surface area (Å²) in [5.74, 6) is 1.28. The van der Waals surface area contributed by atoms with Crippen molar-refractivity contribution < 1.29 is 17.6 Å². The SMILES string of the molecule is CCc1nnc(-c2c(C)c(S(=O)(=O)Nc3cc(C)ccc3OC)c(C)n2CC)o1. The van der Waals surface area contributed by atoms with E-state index >= 15 is 0 Å². The van der Waals surface area contributed by atoms with Crippen molar-refractivity contribution in [1.29, 1.82) is 0 Å². The predicted octanol–water partition coefficient (Wildman–Crippen LogP) is 3.86. The minimum Gasteiger partial charge on any atom is -0.495 e. The average molecular weight is 419 g/mol. The number of nitrogens with zero attached hydrogens (tertiary/aromatic N) is 3. The summed E-state index contributed by atoms with van der Waals surface area (Å²) in [7, 11) is -2.38. The minimum atomic E-state index is -3.88. The summed E-state index contributed by atoms with van der Waals surface area (Å²) in [5, 5.41) is 8.13. The van der Waals surface area contributed by atoms with Gasteiger partial charge in [0.1, 0.15) is 16.3 Å². The lowest BCUT2D eigenvalue weighted by Crippen LogP contribution is -2.15. The lowest BCUT2D eigenvalue weighted by Gasteiger charge is -2.13. The second kappa shape index (κ2) is 7.90. The minimum absolute atomic E-state index is 0.203. The molecule has 9 heteroatoms. The Balaban J connectivity index is 2.14. The van der Waals surface area contributed by atoms with Gasteiger partial charge in [0, 0.05) is 24.2 Å². The number of rotatable bonds is 7. The summed E-state index contributed by atoms with van der Waals surface area (Å²) in [5.41, 5.74) is 3.10. The van der Waals surface area contributed by atoms with Crippen LogP contribution < -0.4 is 9.46 Å². The Hall–Kier alpha value is -2.81. The van der Waals surface area contributed by atoms with Crippen LogP contribution in [0.3, 0.4) is 0 Å². The van der Waals surface area contributed by atoms with Gasteiger partial charge in [0.05, 0.1) is 12.8 Å². The Morgan fingerprint density at radius 2 is 1.90 bits per heavy atom. The van der Waals surface area contributed by atoms with E-state index in [2.05, 4.69) is 14.9 Å². The zero-order valence-corrected chi connectivity index (χ0v) is 18.3. The molecule has 0 aliphatic carbocycles. The number of nitrogens with one attached hydrogen (secondary N) is 1. The molecule has 2 heterocycles. The van der Waals surface area contributed by atoms with E-state index in [1.54, 1.807) is 26.0 Å². The average Bonchev–Trinajstić information content (AvgIpc) is 3.23. The molecule has 0 saturated carbocycles. The van der Waals surface area contributed by atoms with Crippen molar-refractivity contribution in [3.05, 3.63) is 40.9 Å². The molecule has 8 nitrogen and oxygen atoms in total. The van der Waals surface area contributed by atoms with Crippen LogP contribution in [0.2, 0.25) is 0 Å². The summed E-state index contributed by atoms with van der Waals surface area (Å²) in [4.78, 5) is 0.203. The normalized spacial score (nSPS) is 11.7. The molecular formula is C20H26N4O4S. The number of ether oxygens (including phenoxy) is 1. The Labute approximate surface area is 171 Å². The highest BCUT2D eigenvalue weighted by Crippen LogP contribution is 2.35. The summed E-state index contributed by atoms with van der Waals surface area (Å²) in [6.45, 7) is 9.85. The van der Waals surface area contributed by atoms with Gasteiger partial charge in [-0.2, -0.15) is 0 Å². The molecule has 1 aromatic carbocycles. The van der Waals surface area contributed by atoms with Crippen molar-refractivity contribution in [2.75, 3.05) is 11.8 Å². The molecule has 0 fully saturated rings. The zero-order valence-electron chi connectivity index (χ0n) is 17.5. The van der Waals surface area contributed by atoms with Crippen LogP contribution in [0.5, 0.6) is 5.75 Å². The Kier molecular flexibility index (Phi) is 5.70. The first-order valence-corrected chi connectivity index (χ1v) is 10.9. The van der Waals surface area contributed by atoms with Gasteiger partial charge in [-0.25, -0.2) is 8.42 Å². The standard InChI is InChI=1S/C20H26N4O4S/c1-7-17-21-22-20(28-17)18-13(4)19(14(5)24(18)8-2)29(25,26)23-15-11-12(3)9-10-16(15)27-6/h9-11,23H,7-8H2,1-6H3. The third kappa shape index (κ3) is 3.74. The molecule has 29 heavy (non-hydrogen) atoms. The molecule has 0 atom stereocenters. The van der Waals surface area contributed by atoms with E-state index in [0.29, 0.717) is 53.1 Å². The van der Waals surface area contributed by atoms with Gasteiger partial charge in [-0.1, -0.05) is 13.0 Å². The molecule has 2 aromatic heterocycles. The quantitative estimate of drug-likeness (QED) is 0.626. The largest absolute Gasteiger partial charge is 0.495 e. The first-order chi connectivity index (χ1) is 13.7. The van der Waals surface area contributed by atoms with Crippen molar-refractivity contribution in [2.45, 2.75) is 52.5 Å². The van der Waals surface area contributed by atoms with E-state index in [4.69, 9.17) is 9.15 Å². The fourth-order valence-corrected chi connectivity index (χ4v) is 5.08. The predicted molar refractivity (Wildman–Crippen MR) is 111 cm³/mol. The maximum atomic E-state index is 13.4. The van der Waals surface area contributed by atoms with Crippen molar-refractivity contribution in [1.82, 2.24) is 14.8 Å². The first kappa shape index (κ1) is 20.9. The van der Waals surface area contributed by atoms with Crippen molar-refractivity contribution in [3.63, 3.8) is 0 Å². The lowest BCUT2D eigenvalue weighted by atomic mass is 10.2. The van der Waals surface area contributed by atoms with E-state index in [1.165, 1.54) is 7.11 Å². The van der Waals surface area contributed by atoms with Crippen LogP contribution in [0.15, 0.2) is 27.5 Å². The summed E-state index contributed by atoms with van der Waals surface area (Å²) in [6, 6.07) is 5.34. The molecule has 0 amide bonds. The van der Waals surface area contributed by atoms with Gasteiger partial charge in [-0.3, -0.25) is 4.72 Å². The number of aromatic nitrogens is 3. The monoisotopic (exact) mass is 418 g/mol. The molecule has 156 valence electrons. The van der Waals surface area contributed by atoms with Crippen LogP contribution in [0.4, 0.5) is 5.69 Å². The number of anilines is 1. The highest BCUT2D eigenvalue weighted by Gasteiger charge is 2.30. The van der Waals surface area contributed by atoms with Crippen LogP contribution in [0.1, 0.15) is 36.6 Å². The Morgan fingerprint density at radius 3 is 2.48 bits per heavy atom. The second-order valence-corrected chi connectivity index (χ2v) is 8.42. The molecule has 3 rings (SSSR count). The van der Waals surface area contributed by atoms with Crippen LogP contribution in [-0.4, -0.2) is 30.3 Å². The number of hydrogen-bond donors (Lipinski definition) is 1. The number of methoxy groups -OCH3 is 1. The van der Waals surface area contributed by atoms with Gasteiger partial charge in [-0.15, -0.1) is 10.2 Å². The molecular weight excluding hydrogens is 392 g/mol. The second-order valence-electron chi connectivity index (χ2n) is 6.80. The highest BCUT2D eigenvalue weighted by molar-refractivity contribution is 7.92. The third-order valence-corrected chi connectivity index (χ3v) is 6.48. The fraction of sp³-hybridized carbons (Fsp3) is 0.400. The van der Waals surface area contributed by atoms with Crippen LogP contribution >= 0.6 is 0 Å². The molecule has 3 aromatic rings. The first-order valence-electron chi connectivity index (χ1n) is 9.43. The van der Waals surface area contributed by atoms with Gasteiger partial charge in [0.25, 0.3) is 15.9 Å². The number of benzene rings is 1. The van der Waals surface area contributed by atoms with E-state index < -0.39 is 10.0 Å². The highest BCUT2D eigenvalue weighted by atomic mass is 32.2. The molecule has 0 spiro atoms. The number of hydrogen-bond acceptors (Lipinski definition) is 6. The van der Waals surface area contributed by atoms with Gasteiger partial charge in [0.2, 0.25) is 5.89 Å². The summed E-state index contributed by atoms with van der Waals surface area (Å²) >= 11 is 0. The van der Waals surface area contributed by atoms with Crippen molar-refractivity contribution >= 4 is 15.7 Å². The van der Waals surface area contributed by atoms with Crippen LogP contribution in [0, 0.1) is 20.8 Å².